The van der Waals surface area contributed by atoms with Crippen molar-refractivity contribution >= 4 is 66.7 Å². The van der Waals surface area contributed by atoms with Gasteiger partial charge in [-0.25, -0.2) is 0 Å². The lowest BCUT2D eigenvalue weighted by Crippen LogP contribution is -2.49. The van der Waals surface area contributed by atoms with Gasteiger partial charge in [0.2, 0.25) is 0 Å². The number of amides is 4. The molecular weight excluding hydrogens is 588 g/mol. The average molecular weight is 623 g/mol. The van der Waals surface area contributed by atoms with Gasteiger partial charge in [-0.05, 0) is 60.2 Å². The Labute approximate surface area is 272 Å². The van der Waals surface area contributed by atoms with Crippen molar-refractivity contribution in [1.29, 1.82) is 10.5 Å². The fraction of sp³-hybridized carbons (Fsp3) is 0.333. The maximum atomic E-state index is 14.2. The number of rotatable bonds is 8. The third kappa shape index (κ3) is 3.91. The van der Waals surface area contributed by atoms with Crippen molar-refractivity contribution in [3.63, 3.8) is 0 Å². The predicted octanol–water partition coefficient (Wildman–Crippen LogP) is 8.08. The van der Waals surface area contributed by atoms with Gasteiger partial charge in [0, 0.05) is 55.5 Å². The van der Waals surface area contributed by atoms with Crippen molar-refractivity contribution in [3.8, 4) is 12.1 Å². The van der Waals surface area contributed by atoms with Gasteiger partial charge in [-0.15, -0.1) is 0 Å². The number of nitriles is 2. The lowest BCUT2D eigenvalue weighted by molar-refractivity contribution is 0.0479. The highest BCUT2D eigenvalue weighted by molar-refractivity contribution is 6.42. The zero-order chi connectivity index (χ0) is 33.5. The van der Waals surface area contributed by atoms with E-state index in [4.69, 9.17) is 0 Å². The van der Waals surface area contributed by atoms with E-state index in [0.29, 0.717) is 73.5 Å². The van der Waals surface area contributed by atoms with Crippen LogP contribution < -0.4 is 0 Å². The molecule has 5 aromatic rings. The Hall–Kier alpha value is -5.34. The first kappa shape index (κ1) is 30.3. The Kier molecular flexibility index (Phi) is 7.02. The molecule has 0 bridgehead atoms. The van der Waals surface area contributed by atoms with Crippen molar-refractivity contribution in [2.24, 2.45) is 5.92 Å². The van der Waals surface area contributed by atoms with Crippen LogP contribution in [-0.4, -0.2) is 45.5 Å². The van der Waals surface area contributed by atoms with Gasteiger partial charge < -0.3 is 0 Å². The summed E-state index contributed by atoms with van der Waals surface area (Å²) in [5.74, 6) is -1.57. The van der Waals surface area contributed by atoms with Crippen LogP contribution in [0.5, 0.6) is 0 Å². The predicted molar refractivity (Wildman–Crippen MR) is 181 cm³/mol. The lowest BCUT2D eigenvalue weighted by atomic mass is 9.79. The molecule has 0 saturated heterocycles. The molecule has 8 nitrogen and oxygen atoms in total. The Morgan fingerprint density at radius 2 is 1.04 bits per heavy atom. The number of benzene rings is 5. The molecule has 2 atom stereocenters. The van der Waals surface area contributed by atoms with Gasteiger partial charge in [-0.2, -0.15) is 10.5 Å². The van der Waals surface area contributed by atoms with Gasteiger partial charge in [-0.1, -0.05) is 59.6 Å². The molecule has 8 heteroatoms. The monoisotopic (exact) mass is 622 g/mol. The number of carbonyl (C=O) groups is 4. The quantitative estimate of drug-likeness (QED) is 0.0980. The molecular formula is C39H34N4O4. The van der Waals surface area contributed by atoms with E-state index in [1.54, 1.807) is 36.4 Å². The summed E-state index contributed by atoms with van der Waals surface area (Å²) in [4.78, 5) is 59.2. The van der Waals surface area contributed by atoms with Crippen LogP contribution in [-0.2, 0) is 0 Å². The van der Waals surface area contributed by atoms with E-state index < -0.39 is 11.8 Å². The van der Waals surface area contributed by atoms with Crippen LogP contribution in [0.25, 0.3) is 43.1 Å². The summed E-state index contributed by atoms with van der Waals surface area (Å²) in [5, 5.41) is 25.4. The fourth-order valence-electron chi connectivity index (χ4n) is 8.22. The number of hydrogen-bond acceptors (Lipinski definition) is 6. The first-order valence-electron chi connectivity index (χ1n) is 16.5. The third-order valence-corrected chi connectivity index (χ3v) is 10.3. The van der Waals surface area contributed by atoms with Crippen molar-refractivity contribution in [2.75, 3.05) is 0 Å². The largest absolute Gasteiger partial charge is 0.271 e. The van der Waals surface area contributed by atoms with Gasteiger partial charge in [0.05, 0.1) is 34.4 Å². The molecule has 4 amide bonds. The Balaban J connectivity index is 1.62. The van der Waals surface area contributed by atoms with E-state index in [-0.39, 0.29) is 52.1 Å². The van der Waals surface area contributed by atoms with E-state index in [0.717, 1.165) is 12.8 Å². The van der Waals surface area contributed by atoms with Gasteiger partial charge in [0.15, 0.2) is 0 Å². The molecule has 2 unspecified atom stereocenters. The summed E-state index contributed by atoms with van der Waals surface area (Å²) in [7, 11) is 0. The molecule has 2 heterocycles. The second-order valence-corrected chi connectivity index (χ2v) is 13.1. The summed E-state index contributed by atoms with van der Waals surface area (Å²) in [6.45, 7) is 9.99. The van der Waals surface area contributed by atoms with Crippen LogP contribution in [0.2, 0.25) is 0 Å². The van der Waals surface area contributed by atoms with Crippen LogP contribution in [0.3, 0.4) is 0 Å². The van der Waals surface area contributed by atoms with Crippen LogP contribution >= 0.6 is 0 Å². The average Bonchev–Trinajstić information content (AvgIpc) is 3.07. The molecule has 0 N–H and O–H groups in total. The highest BCUT2D eigenvalue weighted by Gasteiger charge is 2.41. The second-order valence-electron chi connectivity index (χ2n) is 13.1. The second kappa shape index (κ2) is 10.9. The van der Waals surface area contributed by atoms with Crippen LogP contribution in [0.15, 0.2) is 36.4 Å². The maximum Gasteiger partial charge on any atom is 0.261 e. The van der Waals surface area contributed by atoms with E-state index in [1.165, 1.54) is 9.80 Å². The summed E-state index contributed by atoms with van der Waals surface area (Å²) in [6, 6.07) is 14.1. The Bertz CT molecular complexity index is 2320. The zero-order valence-electron chi connectivity index (χ0n) is 27.2. The number of hydrogen-bond donors (Lipinski definition) is 0. The van der Waals surface area contributed by atoms with Gasteiger partial charge >= 0.3 is 0 Å². The topological polar surface area (TPSA) is 122 Å². The summed E-state index contributed by atoms with van der Waals surface area (Å²) in [5.41, 5.74) is 1.83. The Morgan fingerprint density at radius 1 is 0.596 bits per heavy atom. The molecule has 5 aromatic carbocycles. The number of imide groups is 2. The normalized spacial score (nSPS) is 15.8. The Morgan fingerprint density at radius 3 is 1.47 bits per heavy atom. The molecule has 234 valence electrons. The molecule has 0 aliphatic carbocycles. The smallest absolute Gasteiger partial charge is 0.261 e. The van der Waals surface area contributed by atoms with E-state index >= 15 is 0 Å². The molecule has 0 fully saturated rings. The lowest BCUT2D eigenvalue weighted by Gasteiger charge is -2.36. The maximum absolute atomic E-state index is 14.2. The molecule has 0 radical (unpaired) electrons. The molecule has 47 heavy (non-hydrogen) atoms. The number of carbonyl (C=O) groups excluding carboxylic acids is 4. The van der Waals surface area contributed by atoms with E-state index in [2.05, 4.69) is 12.1 Å². The summed E-state index contributed by atoms with van der Waals surface area (Å²) < 4.78 is 0. The standard InChI is InChI=1S/C39H34N4O4/c1-6-9-22(8-3)42-36(44)25-13-11-23-31-21(18-41)16-28-33-26(37(45)43(39(28)47)29(10-7-2)19(4)5)14-12-24(35(31)33)30-20(17-40)15-27(38(42)46)32(25)34(23)30/h11-16,19,22,29H,6-10H2,1-5H3. The number of fused-ring (bicyclic) bond motifs is 2. The highest BCUT2D eigenvalue weighted by atomic mass is 16.2. The minimum absolute atomic E-state index is 0.0355. The van der Waals surface area contributed by atoms with Gasteiger partial charge in [0.25, 0.3) is 23.6 Å². The highest BCUT2D eigenvalue weighted by Crippen LogP contribution is 2.49. The molecule has 0 spiro atoms. The minimum atomic E-state index is -0.430. The molecule has 2 aliphatic heterocycles. The molecule has 0 aromatic heterocycles. The van der Waals surface area contributed by atoms with Crippen molar-refractivity contribution < 1.29 is 19.2 Å². The third-order valence-electron chi connectivity index (χ3n) is 10.3. The van der Waals surface area contributed by atoms with E-state index in [1.807, 2.05) is 34.6 Å². The summed E-state index contributed by atoms with van der Waals surface area (Å²) in [6.07, 6.45) is 3.55. The minimum Gasteiger partial charge on any atom is -0.271 e. The van der Waals surface area contributed by atoms with Crippen LogP contribution in [0.4, 0.5) is 0 Å². The van der Waals surface area contributed by atoms with Gasteiger partial charge in [-0.3, -0.25) is 29.0 Å². The van der Waals surface area contributed by atoms with Crippen molar-refractivity contribution in [3.05, 3.63) is 69.8 Å². The van der Waals surface area contributed by atoms with E-state index in [9.17, 15) is 29.7 Å². The SMILES string of the molecule is CCCC(CC)N1C(=O)c2ccc3c4c(C#N)cc5c6c(ccc(c7c(C#N)cc(c2c37)C1=O)c64)C(=O)N(C(CCC)C(C)C)C5=O. The molecule has 0 saturated carbocycles. The summed E-state index contributed by atoms with van der Waals surface area (Å²) >= 11 is 0. The fourth-order valence-corrected chi connectivity index (χ4v) is 8.22. The van der Waals surface area contributed by atoms with Crippen LogP contribution in [0, 0.1) is 28.6 Å². The van der Waals surface area contributed by atoms with Crippen molar-refractivity contribution in [1.82, 2.24) is 9.80 Å². The first-order chi connectivity index (χ1) is 22.6. The first-order valence-corrected chi connectivity index (χ1v) is 16.5. The van der Waals surface area contributed by atoms with Crippen LogP contribution in [0.1, 0.15) is 119 Å². The van der Waals surface area contributed by atoms with Gasteiger partial charge in [0.1, 0.15) is 0 Å². The molecule has 2 aliphatic rings. The zero-order valence-corrected chi connectivity index (χ0v) is 27.2. The van der Waals surface area contributed by atoms with Crippen molar-refractivity contribution in [2.45, 2.75) is 78.8 Å². The molecule has 7 rings (SSSR count). The number of nitrogens with zero attached hydrogens (tertiary/aromatic N) is 4.